The molecule has 86 valence electrons. The van der Waals surface area contributed by atoms with Crippen LogP contribution in [-0.4, -0.2) is 17.3 Å². The van der Waals surface area contributed by atoms with Gasteiger partial charge in [-0.25, -0.2) is 0 Å². The van der Waals surface area contributed by atoms with Gasteiger partial charge < -0.3 is 10.8 Å². The smallest absolute Gasteiger partial charge is 0.394 e. The van der Waals surface area contributed by atoms with E-state index in [9.17, 15) is 13.2 Å². The maximum Gasteiger partial charge on any atom is 0.425 e. The van der Waals surface area contributed by atoms with Crippen molar-refractivity contribution in [3.63, 3.8) is 0 Å². The van der Waals surface area contributed by atoms with E-state index in [2.05, 4.69) is 0 Å². The summed E-state index contributed by atoms with van der Waals surface area (Å²) in [6.07, 6.45) is -4.06. The zero-order valence-electron chi connectivity index (χ0n) is 8.14. The largest absolute Gasteiger partial charge is 0.425 e. The predicted molar refractivity (Wildman–Crippen MR) is 52.7 cm³/mol. The summed E-state index contributed by atoms with van der Waals surface area (Å²) in [6.45, 7) is 1.34. The summed E-state index contributed by atoms with van der Waals surface area (Å²) >= 11 is 0.666. The molecule has 0 aromatic carbocycles. The van der Waals surface area contributed by atoms with Gasteiger partial charge in [-0.15, -0.1) is 11.3 Å². The molecule has 2 nitrogen and oxygen atoms in total. The van der Waals surface area contributed by atoms with Crippen LogP contribution in [0.2, 0.25) is 0 Å². The van der Waals surface area contributed by atoms with Gasteiger partial charge in [-0.2, -0.15) is 13.2 Å². The van der Waals surface area contributed by atoms with E-state index in [-0.39, 0.29) is 13.0 Å². The van der Waals surface area contributed by atoms with Gasteiger partial charge in [0.2, 0.25) is 0 Å². The van der Waals surface area contributed by atoms with E-state index < -0.39 is 16.6 Å². The fourth-order valence-corrected chi connectivity index (χ4v) is 2.15. The Hall–Kier alpha value is -0.590. The minimum absolute atomic E-state index is 0.240. The van der Waals surface area contributed by atoms with Gasteiger partial charge in [0.15, 0.2) is 0 Å². The van der Waals surface area contributed by atoms with Crippen molar-refractivity contribution >= 4 is 11.3 Å². The molecule has 0 saturated carbocycles. The van der Waals surface area contributed by atoms with Crippen LogP contribution in [-0.2, 0) is 12.6 Å². The van der Waals surface area contributed by atoms with E-state index >= 15 is 0 Å². The van der Waals surface area contributed by atoms with Gasteiger partial charge in [0.1, 0.15) is 4.88 Å². The first-order valence-electron chi connectivity index (χ1n) is 4.30. The molecule has 1 unspecified atom stereocenters. The van der Waals surface area contributed by atoms with E-state index in [1.807, 2.05) is 0 Å². The average Bonchev–Trinajstić information content (AvgIpc) is 2.51. The molecular formula is C9H12F3NOS. The monoisotopic (exact) mass is 239 g/mol. The molecule has 0 aliphatic carbocycles. The van der Waals surface area contributed by atoms with Crippen molar-refractivity contribution in [2.24, 2.45) is 5.73 Å². The Morgan fingerprint density at radius 3 is 2.40 bits per heavy atom. The number of thiophene rings is 1. The van der Waals surface area contributed by atoms with Crippen molar-refractivity contribution in [1.29, 1.82) is 0 Å². The van der Waals surface area contributed by atoms with Crippen LogP contribution in [0.15, 0.2) is 12.1 Å². The minimum atomic E-state index is -4.30. The van der Waals surface area contributed by atoms with E-state index in [0.29, 0.717) is 16.2 Å². The molecule has 0 fully saturated rings. The zero-order chi connectivity index (χ0) is 11.7. The van der Waals surface area contributed by atoms with Gasteiger partial charge in [0.25, 0.3) is 0 Å². The third-order valence-electron chi connectivity index (χ3n) is 1.88. The highest BCUT2D eigenvalue weighted by Gasteiger charge is 2.32. The summed E-state index contributed by atoms with van der Waals surface area (Å²) in [5, 5.41) is 8.88. The highest BCUT2D eigenvalue weighted by Crippen LogP contribution is 2.35. The molecule has 0 radical (unpaired) electrons. The molecule has 0 amide bonds. The second kappa shape index (κ2) is 4.11. The molecule has 1 heterocycles. The molecule has 0 bridgehead atoms. The van der Waals surface area contributed by atoms with Gasteiger partial charge in [-0.1, -0.05) is 0 Å². The highest BCUT2D eigenvalue weighted by atomic mass is 32.1. The average molecular weight is 239 g/mol. The van der Waals surface area contributed by atoms with Crippen LogP contribution in [0.3, 0.4) is 0 Å². The third-order valence-corrected chi connectivity index (χ3v) is 3.01. The van der Waals surface area contributed by atoms with Crippen LogP contribution in [0.25, 0.3) is 0 Å². The summed E-state index contributed by atoms with van der Waals surface area (Å²) < 4.78 is 36.7. The van der Waals surface area contributed by atoms with Crippen molar-refractivity contribution < 1.29 is 18.3 Å². The van der Waals surface area contributed by atoms with Crippen molar-refractivity contribution in [1.82, 2.24) is 0 Å². The van der Waals surface area contributed by atoms with Crippen molar-refractivity contribution in [2.75, 3.05) is 6.61 Å². The third kappa shape index (κ3) is 3.48. The number of aliphatic hydroxyl groups excluding tert-OH is 1. The van der Waals surface area contributed by atoms with E-state index in [4.69, 9.17) is 10.8 Å². The number of halogens is 3. The molecule has 1 rings (SSSR count). The van der Waals surface area contributed by atoms with Crippen LogP contribution in [0.5, 0.6) is 0 Å². The first-order chi connectivity index (χ1) is 6.74. The summed E-state index contributed by atoms with van der Waals surface area (Å²) in [6, 6.07) is 2.43. The van der Waals surface area contributed by atoms with Gasteiger partial charge in [0, 0.05) is 16.8 Å². The number of aliphatic hydroxyl groups is 1. The Bertz CT molecular complexity index is 332. The van der Waals surface area contributed by atoms with Crippen LogP contribution >= 0.6 is 11.3 Å². The summed E-state index contributed by atoms with van der Waals surface area (Å²) in [5.41, 5.74) is 4.77. The van der Waals surface area contributed by atoms with E-state index in [1.54, 1.807) is 6.92 Å². The quantitative estimate of drug-likeness (QED) is 0.847. The summed E-state index contributed by atoms with van der Waals surface area (Å²) in [7, 11) is 0. The van der Waals surface area contributed by atoms with Crippen LogP contribution < -0.4 is 5.73 Å². The summed E-state index contributed by atoms with van der Waals surface area (Å²) in [4.78, 5) is -0.104. The van der Waals surface area contributed by atoms with Crippen molar-refractivity contribution in [2.45, 2.75) is 25.1 Å². The van der Waals surface area contributed by atoms with Gasteiger partial charge in [0.05, 0.1) is 6.61 Å². The first-order valence-corrected chi connectivity index (χ1v) is 5.12. The number of nitrogens with two attached hydrogens (primary N) is 1. The molecule has 1 atom stereocenters. The standard InChI is InChI=1S/C9H12F3NOS/c1-8(13,5-14)4-6-2-3-7(15-6)9(10,11)12/h2-3,14H,4-5,13H2,1H3. The zero-order valence-corrected chi connectivity index (χ0v) is 8.95. The Morgan fingerprint density at radius 2 is 2.00 bits per heavy atom. The maximum atomic E-state index is 12.2. The van der Waals surface area contributed by atoms with Crippen molar-refractivity contribution in [3.05, 3.63) is 21.9 Å². The number of rotatable bonds is 3. The maximum absolute atomic E-state index is 12.2. The molecule has 3 N–H and O–H groups in total. The molecule has 1 aromatic rings. The molecule has 0 aliphatic rings. The van der Waals surface area contributed by atoms with E-state index in [1.165, 1.54) is 6.07 Å². The lowest BCUT2D eigenvalue weighted by Crippen LogP contribution is -2.42. The van der Waals surface area contributed by atoms with Crippen LogP contribution in [0.4, 0.5) is 13.2 Å². The van der Waals surface area contributed by atoms with Gasteiger partial charge >= 0.3 is 6.18 Å². The lowest BCUT2D eigenvalue weighted by atomic mass is 10.00. The van der Waals surface area contributed by atoms with Gasteiger partial charge in [-0.05, 0) is 19.1 Å². The fraction of sp³-hybridized carbons (Fsp3) is 0.556. The van der Waals surface area contributed by atoms with Crippen molar-refractivity contribution in [3.8, 4) is 0 Å². The Labute approximate surface area is 89.5 Å². The Morgan fingerprint density at radius 1 is 1.40 bits per heavy atom. The van der Waals surface area contributed by atoms with Gasteiger partial charge in [-0.3, -0.25) is 0 Å². The normalized spacial score (nSPS) is 16.4. The minimum Gasteiger partial charge on any atom is -0.394 e. The number of hydrogen-bond acceptors (Lipinski definition) is 3. The van der Waals surface area contributed by atoms with Crippen LogP contribution in [0.1, 0.15) is 16.7 Å². The number of alkyl halides is 3. The fourth-order valence-electron chi connectivity index (χ4n) is 1.08. The number of hydrogen-bond donors (Lipinski definition) is 2. The van der Waals surface area contributed by atoms with E-state index in [0.717, 1.165) is 6.07 Å². The molecular weight excluding hydrogens is 227 g/mol. The predicted octanol–water partition coefficient (Wildman–Crippen LogP) is 2.02. The summed E-state index contributed by atoms with van der Waals surface area (Å²) in [5.74, 6) is 0. The molecule has 6 heteroatoms. The molecule has 0 spiro atoms. The second-order valence-corrected chi connectivity index (χ2v) is 4.92. The SMILES string of the molecule is CC(N)(CO)Cc1ccc(C(F)(F)F)s1. The lowest BCUT2D eigenvalue weighted by molar-refractivity contribution is -0.134. The Kier molecular flexibility index (Phi) is 3.42. The lowest BCUT2D eigenvalue weighted by Gasteiger charge is -2.20. The highest BCUT2D eigenvalue weighted by molar-refractivity contribution is 7.12. The molecule has 0 saturated heterocycles. The first kappa shape index (κ1) is 12.5. The molecule has 1 aromatic heterocycles. The molecule has 15 heavy (non-hydrogen) atoms. The topological polar surface area (TPSA) is 46.2 Å². The molecule has 0 aliphatic heterocycles. The van der Waals surface area contributed by atoms with Crippen LogP contribution in [0, 0.1) is 0 Å². The Balaban J connectivity index is 2.78. The second-order valence-electron chi connectivity index (χ2n) is 3.75.